The maximum Gasteiger partial charge on any atom is 0.137 e. The number of nitrogens with zero attached hydrogens (tertiary/aromatic N) is 4. The van der Waals surface area contributed by atoms with Gasteiger partial charge in [0, 0.05) is 25.1 Å². The lowest BCUT2D eigenvalue weighted by Gasteiger charge is -2.26. The van der Waals surface area contributed by atoms with Crippen LogP contribution >= 0.6 is 11.6 Å². The SMILES string of the molecule is CCc1nc(Cl)c(C)c(N(C)C(C)CC#N)n1. The first-order valence-electron chi connectivity index (χ1n) is 5.64. The first kappa shape index (κ1) is 13.7. The van der Waals surface area contributed by atoms with Crippen LogP contribution in [0.3, 0.4) is 0 Å². The van der Waals surface area contributed by atoms with Crippen molar-refractivity contribution in [1.82, 2.24) is 9.97 Å². The van der Waals surface area contributed by atoms with E-state index in [-0.39, 0.29) is 6.04 Å². The van der Waals surface area contributed by atoms with Gasteiger partial charge < -0.3 is 4.90 Å². The second kappa shape index (κ2) is 5.83. The molecule has 5 heteroatoms. The summed E-state index contributed by atoms with van der Waals surface area (Å²) in [6, 6.07) is 2.27. The molecular weight excluding hydrogens is 236 g/mol. The smallest absolute Gasteiger partial charge is 0.137 e. The van der Waals surface area contributed by atoms with Crippen LogP contribution in [-0.2, 0) is 6.42 Å². The lowest BCUT2D eigenvalue weighted by Crippen LogP contribution is -2.30. The highest BCUT2D eigenvalue weighted by Crippen LogP contribution is 2.24. The lowest BCUT2D eigenvalue weighted by atomic mass is 10.2. The van der Waals surface area contributed by atoms with Crippen molar-refractivity contribution in [3.63, 3.8) is 0 Å². The summed E-state index contributed by atoms with van der Waals surface area (Å²) in [4.78, 5) is 10.7. The Morgan fingerprint density at radius 3 is 2.65 bits per heavy atom. The van der Waals surface area contributed by atoms with E-state index in [2.05, 4.69) is 16.0 Å². The minimum absolute atomic E-state index is 0.106. The molecule has 0 saturated carbocycles. The van der Waals surface area contributed by atoms with Gasteiger partial charge in [-0.15, -0.1) is 0 Å². The Balaban J connectivity index is 3.12. The van der Waals surface area contributed by atoms with Crippen LogP contribution in [0.4, 0.5) is 5.82 Å². The molecular formula is C12H17ClN4. The van der Waals surface area contributed by atoms with E-state index in [1.165, 1.54) is 0 Å². The van der Waals surface area contributed by atoms with Crippen molar-refractivity contribution in [1.29, 1.82) is 5.26 Å². The largest absolute Gasteiger partial charge is 0.356 e. The summed E-state index contributed by atoms with van der Waals surface area (Å²) in [6.07, 6.45) is 1.20. The summed E-state index contributed by atoms with van der Waals surface area (Å²) in [5.74, 6) is 1.54. The van der Waals surface area contributed by atoms with E-state index in [0.717, 1.165) is 23.6 Å². The topological polar surface area (TPSA) is 52.8 Å². The molecule has 1 unspecified atom stereocenters. The minimum atomic E-state index is 0.106. The minimum Gasteiger partial charge on any atom is -0.356 e. The normalized spacial score (nSPS) is 12.0. The molecule has 0 saturated heterocycles. The fourth-order valence-corrected chi connectivity index (χ4v) is 1.68. The number of hydrogen-bond donors (Lipinski definition) is 0. The van der Waals surface area contributed by atoms with Gasteiger partial charge >= 0.3 is 0 Å². The van der Waals surface area contributed by atoms with Crippen LogP contribution in [0.15, 0.2) is 0 Å². The molecule has 0 radical (unpaired) electrons. The molecule has 0 amide bonds. The maximum absolute atomic E-state index is 8.72. The van der Waals surface area contributed by atoms with Crippen LogP contribution in [0.25, 0.3) is 0 Å². The van der Waals surface area contributed by atoms with Gasteiger partial charge in [-0.25, -0.2) is 9.97 Å². The lowest BCUT2D eigenvalue weighted by molar-refractivity contribution is 0.686. The van der Waals surface area contributed by atoms with Crippen LogP contribution < -0.4 is 4.90 Å². The Bertz CT molecular complexity index is 439. The van der Waals surface area contributed by atoms with Crippen molar-refractivity contribution in [2.24, 2.45) is 0 Å². The molecule has 1 atom stereocenters. The molecule has 0 aliphatic carbocycles. The van der Waals surface area contributed by atoms with E-state index in [9.17, 15) is 0 Å². The molecule has 92 valence electrons. The maximum atomic E-state index is 8.72. The van der Waals surface area contributed by atoms with E-state index in [4.69, 9.17) is 16.9 Å². The van der Waals surface area contributed by atoms with Gasteiger partial charge in [0.25, 0.3) is 0 Å². The molecule has 0 aromatic carbocycles. The van der Waals surface area contributed by atoms with Crippen LogP contribution in [0.1, 0.15) is 31.7 Å². The van der Waals surface area contributed by atoms with Crippen LogP contribution in [-0.4, -0.2) is 23.1 Å². The van der Waals surface area contributed by atoms with Gasteiger partial charge in [-0.1, -0.05) is 18.5 Å². The van der Waals surface area contributed by atoms with Gasteiger partial charge in [0.15, 0.2) is 0 Å². The highest BCUT2D eigenvalue weighted by molar-refractivity contribution is 6.30. The molecule has 1 aromatic rings. The van der Waals surface area contributed by atoms with Crippen molar-refractivity contribution < 1.29 is 0 Å². The average molecular weight is 253 g/mol. The molecule has 1 heterocycles. The molecule has 0 aliphatic rings. The third-order valence-corrected chi connectivity index (χ3v) is 3.17. The third kappa shape index (κ3) is 3.07. The summed E-state index contributed by atoms with van der Waals surface area (Å²) in [7, 11) is 1.92. The highest BCUT2D eigenvalue weighted by atomic mass is 35.5. The van der Waals surface area contributed by atoms with E-state index in [0.29, 0.717) is 11.6 Å². The summed E-state index contributed by atoms with van der Waals surface area (Å²) in [6.45, 7) is 5.88. The van der Waals surface area contributed by atoms with E-state index < -0.39 is 0 Å². The fraction of sp³-hybridized carbons (Fsp3) is 0.583. The average Bonchev–Trinajstić information content (AvgIpc) is 2.31. The molecule has 4 nitrogen and oxygen atoms in total. The molecule has 0 N–H and O–H groups in total. The van der Waals surface area contributed by atoms with Crippen molar-refractivity contribution in [3.05, 3.63) is 16.5 Å². The van der Waals surface area contributed by atoms with Crippen molar-refractivity contribution in [2.45, 2.75) is 39.7 Å². The van der Waals surface area contributed by atoms with Gasteiger partial charge in [-0.2, -0.15) is 5.26 Å². The number of halogens is 1. The number of aromatic nitrogens is 2. The van der Waals surface area contributed by atoms with Gasteiger partial charge in [-0.3, -0.25) is 0 Å². The van der Waals surface area contributed by atoms with Crippen molar-refractivity contribution >= 4 is 17.4 Å². The molecule has 0 bridgehead atoms. The van der Waals surface area contributed by atoms with Gasteiger partial charge in [0.05, 0.1) is 12.5 Å². The van der Waals surface area contributed by atoms with Crippen LogP contribution in [0.5, 0.6) is 0 Å². The molecule has 0 spiro atoms. The first-order valence-corrected chi connectivity index (χ1v) is 6.01. The fourth-order valence-electron chi connectivity index (χ4n) is 1.50. The molecule has 1 aromatic heterocycles. The number of anilines is 1. The molecule has 17 heavy (non-hydrogen) atoms. The summed E-state index contributed by atoms with van der Waals surface area (Å²) >= 11 is 6.08. The van der Waals surface area contributed by atoms with E-state index in [1.54, 1.807) is 0 Å². The Morgan fingerprint density at radius 2 is 2.12 bits per heavy atom. The Labute approximate surface area is 107 Å². The monoisotopic (exact) mass is 252 g/mol. The van der Waals surface area contributed by atoms with Crippen molar-refractivity contribution in [3.8, 4) is 6.07 Å². The van der Waals surface area contributed by atoms with E-state index >= 15 is 0 Å². The predicted molar refractivity (Wildman–Crippen MR) is 69.3 cm³/mol. The summed E-state index contributed by atoms with van der Waals surface area (Å²) < 4.78 is 0. The number of rotatable bonds is 4. The molecule has 1 rings (SSSR count). The Kier molecular flexibility index (Phi) is 4.71. The highest BCUT2D eigenvalue weighted by Gasteiger charge is 2.16. The number of nitriles is 1. The van der Waals surface area contributed by atoms with Gasteiger partial charge in [0.1, 0.15) is 16.8 Å². The van der Waals surface area contributed by atoms with Crippen LogP contribution in [0.2, 0.25) is 5.15 Å². The zero-order valence-electron chi connectivity index (χ0n) is 10.7. The van der Waals surface area contributed by atoms with Crippen LogP contribution in [0, 0.1) is 18.3 Å². The second-order valence-electron chi connectivity index (χ2n) is 4.05. The van der Waals surface area contributed by atoms with Gasteiger partial charge in [-0.05, 0) is 13.8 Å². The summed E-state index contributed by atoms with van der Waals surface area (Å²) in [5.41, 5.74) is 0.858. The zero-order valence-corrected chi connectivity index (χ0v) is 11.4. The molecule has 0 fully saturated rings. The quantitative estimate of drug-likeness (QED) is 0.774. The Hall–Kier alpha value is -1.34. The Morgan fingerprint density at radius 1 is 1.47 bits per heavy atom. The second-order valence-corrected chi connectivity index (χ2v) is 4.41. The van der Waals surface area contributed by atoms with Gasteiger partial charge in [0.2, 0.25) is 0 Å². The standard InChI is InChI=1S/C12H17ClN4/c1-5-10-15-11(13)9(3)12(16-10)17(4)8(2)6-7-14/h8H,5-6H2,1-4H3. The number of hydrogen-bond acceptors (Lipinski definition) is 4. The van der Waals surface area contributed by atoms with E-state index in [1.807, 2.05) is 32.7 Å². The predicted octanol–water partition coefficient (Wildman–Crippen LogP) is 2.74. The number of aryl methyl sites for hydroxylation is 1. The summed E-state index contributed by atoms with van der Waals surface area (Å²) in [5, 5.41) is 9.21. The van der Waals surface area contributed by atoms with Crippen molar-refractivity contribution in [2.75, 3.05) is 11.9 Å². The first-order chi connectivity index (χ1) is 8.01. The zero-order chi connectivity index (χ0) is 13.0. The molecule has 0 aliphatic heterocycles. The third-order valence-electron chi connectivity index (χ3n) is 2.81.